The zero-order valence-corrected chi connectivity index (χ0v) is 8.01. The molecule has 0 saturated heterocycles. The highest BCUT2D eigenvalue weighted by Gasteiger charge is 2.09. The highest BCUT2D eigenvalue weighted by Crippen LogP contribution is 2.13. The molecule has 0 aliphatic carbocycles. The van der Waals surface area contributed by atoms with Crippen molar-refractivity contribution < 1.29 is 5.11 Å². The van der Waals surface area contributed by atoms with Crippen molar-refractivity contribution in [1.29, 1.82) is 0 Å². The van der Waals surface area contributed by atoms with E-state index < -0.39 is 0 Å². The number of nitrogens with two attached hydrogens (primary N) is 1. The van der Waals surface area contributed by atoms with Crippen LogP contribution < -0.4 is 5.73 Å². The largest absolute Gasteiger partial charge is 0.394 e. The van der Waals surface area contributed by atoms with E-state index in [4.69, 9.17) is 10.8 Å². The Labute approximate surface area is 82.0 Å². The molecule has 0 spiro atoms. The second-order valence-corrected chi connectivity index (χ2v) is 3.36. The molecule has 0 aliphatic rings. The molecule has 74 valence electrons. The first kappa shape index (κ1) is 9.18. The number of aliphatic hydroxyl groups excluding tert-OH is 1. The Hall–Kier alpha value is -1.39. The first-order valence-electron chi connectivity index (χ1n) is 4.54. The third-order valence-corrected chi connectivity index (χ3v) is 2.21. The zero-order valence-electron chi connectivity index (χ0n) is 8.01. The molecule has 0 aliphatic heterocycles. The van der Waals surface area contributed by atoms with Crippen LogP contribution in [0.3, 0.4) is 0 Å². The van der Waals surface area contributed by atoms with Gasteiger partial charge in [0.05, 0.1) is 29.6 Å². The molecule has 1 unspecified atom stereocenters. The SMILES string of the molecule is Cc1cc2cccc(C(N)CO)n2n1. The summed E-state index contributed by atoms with van der Waals surface area (Å²) in [5.41, 5.74) is 8.54. The Morgan fingerprint density at radius 3 is 3.07 bits per heavy atom. The van der Waals surface area contributed by atoms with Crippen LogP contribution in [0, 0.1) is 6.92 Å². The number of hydrogen-bond donors (Lipinski definition) is 2. The van der Waals surface area contributed by atoms with E-state index in [1.54, 1.807) is 4.52 Å². The summed E-state index contributed by atoms with van der Waals surface area (Å²) < 4.78 is 1.77. The Kier molecular flexibility index (Phi) is 2.23. The molecule has 2 aromatic rings. The first-order chi connectivity index (χ1) is 6.72. The molecule has 2 heterocycles. The molecule has 0 aromatic carbocycles. The van der Waals surface area contributed by atoms with E-state index in [0.29, 0.717) is 0 Å². The van der Waals surface area contributed by atoms with E-state index in [1.165, 1.54) is 0 Å². The number of hydrogen-bond acceptors (Lipinski definition) is 3. The number of pyridine rings is 1. The Bertz CT molecular complexity index is 450. The molecule has 2 aromatic heterocycles. The number of aryl methyl sites for hydroxylation is 1. The van der Waals surface area contributed by atoms with Gasteiger partial charge >= 0.3 is 0 Å². The topological polar surface area (TPSA) is 63.5 Å². The van der Waals surface area contributed by atoms with Crippen LogP contribution in [0.2, 0.25) is 0 Å². The van der Waals surface area contributed by atoms with Crippen LogP contribution in [-0.2, 0) is 0 Å². The summed E-state index contributed by atoms with van der Waals surface area (Å²) in [7, 11) is 0. The fourth-order valence-electron chi connectivity index (χ4n) is 1.54. The summed E-state index contributed by atoms with van der Waals surface area (Å²) in [5.74, 6) is 0. The quantitative estimate of drug-likeness (QED) is 0.732. The molecule has 4 nitrogen and oxygen atoms in total. The maximum Gasteiger partial charge on any atom is 0.0705 e. The Morgan fingerprint density at radius 1 is 1.57 bits per heavy atom. The van der Waals surface area contributed by atoms with Crippen LogP contribution in [0.5, 0.6) is 0 Å². The van der Waals surface area contributed by atoms with E-state index in [0.717, 1.165) is 16.9 Å². The average Bonchev–Trinajstić information content (AvgIpc) is 2.56. The average molecular weight is 191 g/mol. The van der Waals surface area contributed by atoms with Crippen LogP contribution in [0.1, 0.15) is 17.4 Å². The number of nitrogens with zero attached hydrogens (tertiary/aromatic N) is 2. The van der Waals surface area contributed by atoms with Crippen LogP contribution in [0.15, 0.2) is 24.3 Å². The fourth-order valence-corrected chi connectivity index (χ4v) is 1.54. The normalized spacial score (nSPS) is 13.4. The van der Waals surface area contributed by atoms with E-state index in [2.05, 4.69) is 5.10 Å². The highest BCUT2D eigenvalue weighted by molar-refractivity contribution is 5.48. The number of aromatic nitrogens is 2. The molecule has 0 saturated carbocycles. The second-order valence-electron chi connectivity index (χ2n) is 3.36. The van der Waals surface area contributed by atoms with Gasteiger partial charge < -0.3 is 10.8 Å². The lowest BCUT2D eigenvalue weighted by Crippen LogP contribution is -2.18. The lowest BCUT2D eigenvalue weighted by atomic mass is 10.2. The van der Waals surface area contributed by atoms with Crippen LogP contribution in [0.25, 0.3) is 5.52 Å². The van der Waals surface area contributed by atoms with Gasteiger partial charge in [-0.25, -0.2) is 4.52 Å². The molecule has 0 radical (unpaired) electrons. The van der Waals surface area contributed by atoms with E-state index >= 15 is 0 Å². The maximum atomic E-state index is 8.99. The number of fused-ring (bicyclic) bond motifs is 1. The van der Waals surface area contributed by atoms with Gasteiger partial charge in [-0.05, 0) is 25.1 Å². The molecule has 0 fully saturated rings. The van der Waals surface area contributed by atoms with E-state index in [9.17, 15) is 0 Å². The molecule has 0 bridgehead atoms. The minimum Gasteiger partial charge on any atom is -0.394 e. The van der Waals surface area contributed by atoms with Crippen molar-refractivity contribution in [3.63, 3.8) is 0 Å². The van der Waals surface area contributed by atoms with Crippen molar-refractivity contribution >= 4 is 5.52 Å². The van der Waals surface area contributed by atoms with Gasteiger partial charge in [-0.2, -0.15) is 5.10 Å². The second kappa shape index (κ2) is 3.40. The molecule has 1 atom stereocenters. The van der Waals surface area contributed by atoms with Crippen molar-refractivity contribution in [3.8, 4) is 0 Å². The molecule has 4 heteroatoms. The summed E-state index contributed by atoms with van der Waals surface area (Å²) in [6.45, 7) is 1.86. The predicted octanol–water partition coefficient (Wildman–Crippen LogP) is 0.635. The lowest BCUT2D eigenvalue weighted by molar-refractivity contribution is 0.264. The molecular formula is C10H13N3O. The Balaban J connectivity index is 2.64. The number of rotatable bonds is 2. The van der Waals surface area contributed by atoms with E-state index in [-0.39, 0.29) is 12.6 Å². The van der Waals surface area contributed by atoms with Crippen LogP contribution >= 0.6 is 0 Å². The summed E-state index contributed by atoms with van der Waals surface area (Å²) in [4.78, 5) is 0. The highest BCUT2D eigenvalue weighted by atomic mass is 16.3. The predicted molar refractivity (Wildman–Crippen MR) is 53.9 cm³/mol. The third-order valence-electron chi connectivity index (χ3n) is 2.21. The molecule has 14 heavy (non-hydrogen) atoms. The van der Waals surface area contributed by atoms with Gasteiger partial charge in [-0.15, -0.1) is 0 Å². The minimum atomic E-state index is -0.377. The monoisotopic (exact) mass is 191 g/mol. The van der Waals surface area contributed by atoms with Crippen molar-refractivity contribution in [2.75, 3.05) is 6.61 Å². The van der Waals surface area contributed by atoms with Gasteiger partial charge in [0.2, 0.25) is 0 Å². The Morgan fingerprint density at radius 2 is 2.36 bits per heavy atom. The van der Waals surface area contributed by atoms with Gasteiger partial charge in [0, 0.05) is 0 Å². The molecule has 2 rings (SSSR count). The van der Waals surface area contributed by atoms with Gasteiger partial charge in [0.25, 0.3) is 0 Å². The summed E-state index contributed by atoms with van der Waals surface area (Å²) >= 11 is 0. The van der Waals surface area contributed by atoms with Crippen LogP contribution in [0.4, 0.5) is 0 Å². The van der Waals surface area contributed by atoms with Crippen molar-refractivity contribution in [2.24, 2.45) is 5.73 Å². The standard InChI is InChI=1S/C10H13N3O/c1-7-5-8-3-2-4-10(9(11)6-14)13(8)12-7/h2-5,9,14H,6,11H2,1H3. The zero-order chi connectivity index (χ0) is 10.1. The van der Waals surface area contributed by atoms with E-state index in [1.807, 2.05) is 31.2 Å². The fraction of sp³-hybridized carbons (Fsp3) is 0.300. The minimum absolute atomic E-state index is 0.0714. The van der Waals surface area contributed by atoms with Gasteiger partial charge in [-0.3, -0.25) is 0 Å². The van der Waals surface area contributed by atoms with Crippen LogP contribution in [-0.4, -0.2) is 21.3 Å². The molecular weight excluding hydrogens is 178 g/mol. The van der Waals surface area contributed by atoms with Crippen molar-refractivity contribution in [2.45, 2.75) is 13.0 Å². The van der Waals surface area contributed by atoms with Crippen molar-refractivity contribution in [1.82, 2.24) is 9.61 Å². The number of aliphatic hydroxyl groups is 1. The molecule has 3 N–H and O–H groups in total. The summed E-state index contributed by atoms with van der Waals surface area (Å²) in [6, 6.07) is 7.36. The smallest absolute Gasteiger partial charge is 0.0705 e. The molecule has 0 amide bonds. The third kappa shape index (κ3) is 1.38. The van der Waals surface area contributed by atoms with Gasteiger partial charge in [0.15, 0.2) is 0 Å². The van der Waals surface area contributed by atoms with Crippen molar-refractivity contribution in [3.05, 3.63) is 35.7 Å². The lowest BCUT2D eigenvalue weighted by Gasteiger charge is -2.09. The maximum absolute atomic E-state index is 8.99. The van der Waals surface area contributed by atoms with Gasteiger partial charge in [-0.1, -0.05) is 6.07 Å². The summed E-state index contributed by atoms with van der Waals surface area (Å²) in [5, 5.41) is 13.3. The summed E-state index contributed by atoms with van der Waals surface area (Å²) in [6.07, 6.45) is 0. The first-order valence-corrected chi connectivity index (χ1v) is 4.54. The van der Waals surface area contributed by atoms with Gasteiger partial charge in [0.1, 0.15) is 0 Å².